The van der Waals surface area contributed by atoms with Gasteiger partial charge in [0.05, 0.1) is 0 Å². The Labute approximate surface area is 83.3 Å². The van der Waals surface area contributed by atoms with Gasteiger partial charge in [-0.15, -0.1) is 19.7 Å². The van der Waals surface area contributed by atoms with Crippen molar-refractivity contribution in [3.05, 3.63) is 38.0 Å². The third-order valence-corrected chi connectivity index (χ3v) is 4.99. The molecule has 0 amide bonds. The fourth-order valence-corrected chi connectivity index (χ4v) is 2.89. The van der Waals surface area contributed by atoms with E-state index >= 15 is 0 Å². The second kappa shape index (κ2) is 5.27. The molecule has 14 heavy (non-hydrogen) atoms. The summed E-state index contributed by atoms with van der Waals surface area (Å²) in [5.74, 6) is -4.45. The molecule has 0 spiro atoms. The van der Waals surface area contributed by atoms with E-state index in [1.807, 2.05) is 0 Å². The predicted molar refractivity (Wildman–Crippen MR) is 56.2 cm³/mol. The largest absolute Gasteiger partial charge is 0.381 e. The molecule has 3 unspecified atom stereocenters. The number of hydrogen-bond donors (Lipinski definition) is 3. The highest BCUT2D eigenvalue weighted by molar-refractivity contribution is 7.66. The summed E-state index contributed by atoms with van der Waals surface area (Å²) in [4.78, 5) is 0. The summed E-state index contributed by atoms with van der Waals surface area (Å²) < 4.78 is 12.0. The van der Waals surface area contributed by atoms with Crippen molar-refractivity contribution >= 4 is 7.14 Å². The molecule has 0 aromatic heterocycles. The third kappa shape index (κ3) is 2.22. The number of aliphatic hydroxyl groups excluding tert-OH is 3. The molecule has 80 valence electrons. The molecule has 0 radical (unpaired) electrons. The molecule has 0 aliphatic carbocycles. The van der Waals surface area contributed by atoms with Gasteiger partial charge in [0.15, 0.2) is 7.14 Å². The van der Waals surface area contributed by atoms with Crippen molar-refractivity contribution < 1.29 is 19.9 Å². The van der Waals surface area contributed by atoms with E-state index in [0.717, 1.165) is 18.2 Å². The van der Waals surface area contributed by atoms with Gasteiger partial charge >= 0.3 is 0 Å². The van der Waals surface area contributed by atoms with Crippen molar-refractivity contribution in [3.63, 3.8) is 0 Å². The summed E-state index contributed by atoms with van der Waals surface area (Å²) in [7, 11) is -3.68. The average molecular weight is 218 g/mol. The molecular formula is C9H15O4P. The second-order valence-corrected chi connectivity index (χ2v) is 5.83. The molecule has 0 aliphatic heterocycles. The zero-order valence-electron chi connectivity index (χ0n) is 7.78. The molecule has 0 rings (SSSR count). The molecule has 0 saturated heterocycles. The van der Waals surface area contributed by atoms with E-state index in [4.69, 9.17) is 0 Å². The van der Waals surface area contributed by atoms with Crippen molar-refractivity contribution in [2.45, 2.75) is 17.5 Å². The minimum atomic E-state index is -3.68. The highest BCUT2D eigenvalue weighted by atomic mass is 31.2. The van der Waals surface area contributed by atoms with Gasteiger partial charge in [-0.05, 0) is 0 Å². The molecule has 4 nitrogen and oxygen atoms in total. The predicted octanol–water partition coefficient (Wildman–Crippen LogP) is 0.863. The zero-order valence-corrected chi connectivity index (χ0v) is 8.68. The Balaban J connectivity index is 5.24. The molecule has 0 bridgehead atoms. The summed E-state index contributed by atoms with van der Waals surface area (Å²) in [5.41, 5.74) is 0. The minimum Gasteiger partial charge on any atom is -0.381 e. The first-order chi connectivity index (χ1) is 6.44. The molecule has 0 aliphatic rings. The number of aliphatic hydroxyl groups is 3. The van der Waals surface area contributed by atoms with Crippen LogP contribution in [0.3, 0.4) is 0 Å². The summed E-state index contributed by atoms with van der Waals surface area (Å²) >= 11 is 0. The maximum atomic E-state index is 12.0. The van der Waals surface area contributed by atoms with Crippen LogP contribution in [0.15, 0.2) is 38.0 Å². The first kappa shape index (κ1) is 13.3. The fraction of sp³-hybridized carbons (Fsp3) is 0.333. The van der Waals surface area contributed by atoms with Crippen LogP contribution in [0.5, 0.6) is 0 Å². The maximum Gasteiger partial charge on any atom is 0.180 e. The lowest BCUT2D eigenvalue weighted by molar-refractivity contribution is 0.222. The van der Waals surface area contributed by atoms with Crippen LogP contribution in [-0.4, -0.2) is 32.9 Å². The van der Waals surface area contributed by atoms with Crippen LogP contribution in [0.25, 0.3) is 0 Å². The van der Waals surface area contributed by atoms with Gasteiger partial charge in [-0.1, -0.05) is 18.2 Å². The standard InChI is InChI=1S/C9H15O4P/c1-4-7(10)14(13,8(11)5-2)9(12)6-3/h4-12H,1-3H2. The van der Waals surface area contributed by atoms with Crippen molar-refractivity contribution in [3.8, 4) is 0 Å². The molecule has 0 saturated carbocycles. The minimum absolute atomic E-state index is 1.00. The fourth-order valence-electron chi connectivity index (χ4n) is 0.964. The van der Waals surface area contributed by atoms with Gasteiger partial charge in [-0.25, -0.2) is 0 Å². The van der Waals surface area contributed by atoms with Crippen molar-refractivity contribution in [2.75, 3.05) is 0 Å². The first-order valence-corrected chi connectivity index (χ1v) is 5.87. The molecule has 5 heteroatoms. The quantitative estimate of drug-likeness (QED) is 0.456. The monoisotopic (exact) mass is 218 g/mol. The van der Waals surface area contributed by atoms with Gasteiger partial charge in [-0.3, -0.25) is 0 Å². The van der Waals surface area contributed by atoms with Crippen LogP contribution in [0.4, 0.5) is 0 Å². The Morgan fingerprint density at radius 2 is 1.07 bits per heavy atom. The molecule has 0 fully saturated rings. The molecule has 0 heterocycles. The van der Waals surface area contributed by atoms with Gasteiger partial charge in [0.1, 0.15) is 17.5 Å². The summed E-state index contributed by atoms with van der Waals surface area (Å²) in [6.45, 7) is 9.74. The first-order valence-electron chi connectivity index (χ1n) is 3.96. The van der Waals surface area contributed by atoms with Crippen LogP contribution < -0.4 is 0 Å². The Morgan fingerprint density at radius 3 is 1.21 bits per heavy atom. The highest BCUT2D eigenvalue weighted by Crippen LogP contribution is 2.57. The van der Waals surface area contributed by atoms with Gasteiger partial charge in [0.2, 0.25) is 0 Å². The lowest BCUT2D eigenvalue weighted by atomic mass is 10.7. The van der Waals surface area contributed by atoms with Crippen molar-refractivity contribution in [2.24, 2.45) is 0 Å². The van der Waals surface area contributed by atoms with E-state index in [1.165, 1.54) is 0 Å². The SMILES string of the molecule is C=CC(O)P(=O)(C(O)C=C)C(O)C=C. The Hall–Kier alpha value is -0.670. The molecule has 3 atom stereocenters. The van der Waals surface area contributed by atoms with E-state index < -0.39 is 24.7 Å². The van der Waals surface area contributed by atoms with E-state index in [2.05, 4.69) is 19.7 Å². The summed E-state index contributed by atoms with van der Waals surface area (Å²) in [5, 5.41) is 28.1. The maximum absolute atomic E-state index is 12.0. The summed E-state index contributed by atoms with van der Waals surface area (Å²) in [6.07, 6.45) is 3.00. The molecule has 0 aromatic carbocycles. The molecule has 0 aromatic rings. The lowest BCUT2D eigenvalue weighted by Gasteiger charge is -2.27. The molecular weight excluding hydrogens is 203 g/mol. The Bertz CT molecular complexity index is 231. The van der Waals surface area contributed by atoms with Crippen LogP contribution in [0.2, 0.25) is 0 Å². The van der Waals surface area contributed by atoms with Gasteiger partial charge in [0.25, 0.3) is 0 Å². The van der Waals surface area contributed by atoms with Crippen molar-refractivity contribution in [1.29, 1.82) is 0 Å². The number of rotatable bonds is 6. The van der Waals surface area contributed by atoms with Crippen LogP contribution in [-0.2, 0) is 4.57 Å². The van der Waals surface area contributed by atoms with E-state index in [0.29, 0.717) is 0 Å². The topological polar surface area (TPSA) is 77.8 Å². The normalized spacial score (nSPS) is 21.4. The Morgan fingerprint density at radius 1 is 0.857 bits per heavy atom. The van der Waals surface area contributed by atoms with Crippen LogP contribution in [0.1, 0.15) is 0 Å². The van der Waals surface area contributed by atoms with Crippen LogP contribution >= 0.6 is 7.14 Å². The zero-order chi connectivity index (χ0) is 11.4. The van der Waals surface area contributed by atoms with Gasteiger partial charge in [-0.2, -0.15) is 0 Å². The molecule has 3 N–H and O–H groups in total. The number of hydrogen-bond acceptors (Lipinski definition) is 4. The highest BCUT2D eigenvalue weighted by Gasteiger charge is 2.41. The third-order valence-electron chi connectivity index (χ3n) is 1.87. The van der Waals surface area contributed by atoms with Gasteiger partial charge < -0.3 is 19.9 Å². The lowest BCUT2D eigenvalue weighted by Crippen LogP contribution is -2.23. The van der Waals surface area contributed by atoms with Crippen molar-refractivity contribution in [1.82, 2.24) is 0 Å². The van der Waals surface area contributed by atoms with E-state index in [9.17, 15) is 19.9 Å². The Kier molecular flexibility index (Phi) is 5.02. The van der Waals surface area contributed by atoms with Crippen LogP contribution in [0, 0.1) is 0 Å². The second-order valence-electron chi connectivity index (χ2n) is 2.71. The van der Waals surface area contributed by atoms with E-state index in [-0.39, 0.29) is 0 Å². The summed E-state index contributed by atoms with van der Waals surface area (Å²) in [6, 6.07) is 0. The van der Waals surface area contributed by atoms with E-state index in [1.54, 1.807) is 0 Å². The smallest absolute Gasteiger partial charge is 0.180 e. The average Bonchev–Trinajstić information content (AvgIpc) is 2.24. The van der Waals surface area contributed by atoms with Gasteiger partial charge in [0, 0.05) is 0 Å².